The van der Waals surface area contributed by atoms with E-state index in [4.69, 9.17) is 5.73 Å². The average Bonchev–Trinajstić information content (AvgIpc) is 2.94. The van der Waals surface area contributed by atoms with Gasteiger partial charge in [-0.2, -0.15) is 5.10 Å². The summed E-state index contributed by atoms with van der Waals surface area (Å²) in [6, 6.07) is 1.92. The molecule has 0 aliphatic carbocycles. The first-order valence-electron chi connectivity index (χ1n) is 5.35. The van der Waals surface area contributed by atoms with Crippen LogP contribution in [0.15, 0.2) is 17.6 Å². The van der Waals surface area contributed by atoms with Gasteiger partial charge in [0.1, 0.15) is 10.7 Å². The number of carbonyl (C=O) groups is 1. The van der Waals surface area contributed by atoms with Crippen LogP contribution in [-0.2, 0) is 20.0 Å². The van der Waals surface area contributed by atoms with Crippen molar-refractivity contribution in [2.45, 2.75) is 19.4 Å². The van der Waals surface area contributed by atoms with Crippen molar-refractivity contribution in [3.05, 3.63) is 34.0 Å². The smallest absolute Gasteiger partial charge is 0.182 e. The van der Waals surface area contributed by atoms with Gasteiger partial charge in [-0.15, -0.1) is 11.3 Å². The predicted molar refractivity (Wildman–Crippen MR) is 65.9 cm³/mol. The Hall–Kier alpha value is -1.53. The molecule has 0 fully saturated rings. The number of nitrogens with zero attached hydrogens (tertiary/aromatic N) is 3. The maximum absolute atomic E-state index is 11.9. The Balaban J connectivity index is 1.95. The zero-order chi connectivity index (χ0) is 12.3. The molecule has 0 radical (unpaired) electrons. The van der Waals surface area contributed by atoms with Crippen LogP contribution in [0.4, 0.5) is 0 Å². The Morgan fingerprint density at radius 3 is 3.00 bits per heavy atom. The average molecular weight is 250 g/mol. The Morgan fingerprint density at radius 2 is 2.41 bits per heavy atom. The van der Waals surface area contributed by atoms with Gasteiger partial charge in [0, 0.05) is 37.3 Å². The van der Waals surface area contributed by atoms with Crippen LogP contribution in [0.25, 0.3) is 0 Å². The van der Waals surface area contributed by atoms with Crippen molar-refractivity contribution < 1.29 is 4.79 Å². The molecule has 0 aliphatic heterocycles. The second kappa shape index (κ2) is 5.20. The molecular weight excluding hydrogens is 236 g/mol. The van der Waals surface area contributed by atoms with Crippen LogP contribution in [0.3, 0.4) is 0 Å². The van der Waals surface area contributed by atoms with Crippen LogP contribution in [0.2, 0.25) is 0 Å². The fourth-order valence-electron chi connectivity index (χ4n) is 1.55. The van der Waals surface area contributed by atoms with Gasteiger partial charge in [-0.3, -0.25) is 9.48 Å². The number of carbonyl (C=O) groups excluding carboxylic acids is 1. The SMILES string of the molecule is Cn1nccc1CCC(=O)c1csc(CN)n1. The molecule has 0 atom stereocenters. The quantitative estimate of drug-likeness (QED) is 0.808. The van der Waals surface area contributed by atoms with E-state index in [0.29, 0.717) is 25.1 Å². The minimum atomic E-state index is 0.0575. The molecule has 2 aromatic heterocycles. The first kappa shape index (κ1) is 11.9. The van der Waals surface area contributed by atoms with Crippen LogP contribution in [-0.4, -0.2) is 20.5 Å². The number of hydrogen-bond donors (Lipinski definition) is 1. The van der Waals surface area contributed by atoms with Gasteiger partial charge in [0.2, 0.25) is 0 Å². The second-order valence-electron chi connectivity index (χ2n) is 3.70. The number of Topliss-reactive ketones (excluding diaryl/α,β-unsaturated/α-hetero) is 1. The van der Waals surface area contributed by atoms with Crippen molar-refractivity contribution >= 4 is 17.1 Å². The standard InChI is InChI=1S/C11H14N4OS/c1-15-8(4-5-13-15)2-3-10(16)9-7-17-11(6-12)14-9/h4-5,7H,2-3,6,12H2,1H3. The number of nitrogens with two attached hydrogens (primary N) is 1. The molecule has 0 aromatic carbocycles. The van der Waals surface area contributed by atoms with Crippen LogP contribution in [0, 0.1) is 0 Å². The first-order valence-corrected chi connectivity index (χ1v) is 6.23. The molecule has 0 aliphatic rings. The van der Waals surface area contributed by atoms with Crippen molar-refractivity contribution in [1.29, 1.82) is 0 Å². The van der Waals surface area contributed by atoms with E-state index in [1.54, 1.807) is 16.3 Å². The van der Waals surface area contributed by atoms with E-state index < -0.39 is 0 Å². The van der Waals surface area contributed by atoms with E-state index in [9.17, 15) is 4.79 Å². The fourth-order valence-corrected chi connectivity index (χ4v) is 2.23. The maximum Gasteiger partial charge on any atom is 0.182 e. The summed E-state index contributed by atoms with van der Waals surface area (Å²) in [6.07, 6.45) is 2.87. The third-order valence-corrected chi connectivity index (χ3v) is 3.41. The molecule has 2 rings (SSSR count). The van der Waals surface area contributed by atoms with Gasteiger partial charge in [-0.25, -0.2) is 4.98 Å². The lowest BCUT2D eigenvalue weighted by atomic mass is 10.1. The highest BCUT2D eigenvalue weighted by Gasteiger charge is 2.11. The third kappa shape index (κ3) is 2.78. The largest absolute Gasteiger partial charge is 0.325 e. The second-order valence-corrected chi connectivity index (χ2v) is 4.64. The Morgan fingerprint density at radius 1 is 1.59 bits per heavy atom. The molecular formula is C11H14N4OS. The van der Waals surface area contributed by atoms with Gasteiger partial charge in [0.05, 0.1) is 0 Å². The van der Waals surface area contributed by atoms with Crippen molar-refractivity contribution in [3.63, 3.8) is 0 Å². The number of rotatable bonds is 5. The van der Waals surface area contributed by atoms with Crippen molar-refractivity contribution in [1.82, 2.24) is 14.8 Å². The minimum absolute atomic E-state index is 0.0575. The zero-order valence-electron chi connectivity index (χ0n) is 9.59. The highest BCUT2D eigenvalue weighted by Crippen LogP contribution is 2.12. The highest BCUT2D eigenvalue weighted by molar-refractivity contribution is 7.09. The molecule has 5 nitrogen and oxygen atoms in total. The van der Waals surface area contributed by atoms with Gasteiger partial charge in [0.25, 0.3) is 0 Å². The highest BCUT2D eigenvalue weighted by atomic mass is 32.1. The van der Waals surface area contributed by atoms with Crippen LogP contribution < -0.4 is 5.73 Å². The van der Waals surface area contributed by atoms with Gasteiger partial charge in [0.15, 0.2) is 5.78 Å². The number of aryl methyl sites for hydroxylation is 2. The van der Waals surface area contributed by atoms with E-state index in [0.717, 1.165) is 10.7 Å². The summed E-state index contributed by atoms with van der Waals surface area (Å²) in [6.45, 7) is 0.389. The first-order chi connectivity index (χ1) is 8.20. The molecule has 17 heavy (non-hydrogen) atoms. The van der Waals surface area contributed by atoms with Gasteiger partial charge < -0.3 is 5.73 Å². The van der Waals surface area contributed by atoms with E-state index in [-0.39, 0.29) is 5.78 Å². The lowest BCUT2D eigenvalue weighted by Gasteiger charge is -1.99. The van der Waals surface area contributed by atoms with Crippen molar-refractivity contribution in [2.24, 2.45) is 12.8 Å². The molecule has 0 bridgehead atoms. The van der Waals surface area contributed by atoms with Gasteiger partial charge in [-0.1, -0.05) is 0 Å². The lowest BCUT2D eigenvalue weighted by Crippen LogP contribution is -2.05. The predicted octanol–water partition coefficient (Wildman–Crippen LogP) is 1.15. The Kier molecular flexibility index (Phi) is 3.65. The fraction of sp³-hybridized carbons (Fsp3) is 0.364. The van der Waals surface area contributed by atoms with E-state index in [1.807, 2.05) is 13.1 Å². The molecule has 2 N–H and O–H groups in total. The normalized spacial score (nSPS) is 10.7. The van der Waals surface area contributed by atoms with Crippen LogP contribution >= 0.6 is 11.3 Å². The monoisotopic (exact) mass is 250 g/mol. The van der Waals surface area contributed by atoms with Crippen LogP contribution in [0.5, 0.6) is 0 Å². The van der Waals surface area contributed by atoms with E-state index >= 15 is 0 Å². The summed E-state index contributed by atoms with van der Waals surface area (Å²) in [5, 5.41) is 6.63. The molecule has 2 heterocycles. The zero-order valence-corrected chi connectivity index (χ0v) is 10.4. The summed E-state index contributed by atoms with van der Waals surface area (Å²) in [5.41, 5.74) is 7.03. The van der Waals surface area contributed by atoms with E-state index in [1.165, 1.54) is 11.3 Å². The summed E-state index contributed by atoms with van der Waals surface area (Å²) < 4.78 is 1.78. The van der Waals surface area contributed by atoms with Gasteiger partial charge in [-0.05, 0) is 12.5 Å². The molecule has 0 unspecified atom stereocenters. The molecule has 0 saturated carbocycles. The molecule has 0 saturated heterocycles. The number of hydrogen-bond acceptors (Lipinski definition) is 5. The third-order valence-electron chi connectivity index (χ3n) is 2.54. The van der Waals surface area contributed by atoms with Crippen molar-refractivity contribution in [3.8, 4) is 0 Å². The molecule has 2 aromatic rings. The number of aromatic nitrogens is 3. The lowest BCUT2D eigenvalue weighted by molar-refractivity contribution is 0.0978. The van der Waals surface area contributed by atoms with Crippen LogP contribution in [0.1, 0.15) is 27.6 Å². The van der Waals surface area contributed by atoms with E-state index in [2.05, 4.69) is 10.1 Å². The summed E-state index contributed by atoms with van der Waals surface area (Å²) in [7, 11) is 1.87. The number of ketones is 1. The minimum Gasteiger partial charge on any atom is -0.325 e. The maximum atomic E-state index is 11.9. The molecule has 0 spiro atoms. The number of thiazole rings is 1. The molecule has 0 amide bonds. The topological polar surface area (TPSA) is 73.8 Å². The Labute approximate surface area is 103 Å². The Bertz CT molecular complexity index is 517. The summed E-state index contributed by atoms with van der Waals surface area (Å²) >= 11 is 1.43. The molecule has 90 valence electrons. The summed E-state index contributed by atoms with van der Waals surface area (Å²) in [4.78, 5) is 16.0. The molecule has 6 heteroatoms. The van der Waals surface area contributed by atoms with Crippen molar-refractivity contribution in [2.75, 3.05) is 0 Å². The van der Waals surface area contributed by atoms with Gasteiger partial charge >= 0.3 is 0 Å². The summed E-state index contributed by atoms with van der Waals surface area (Å²) in [5.74, 6) is 0.0575.